The van der Waals surface area contributed by atoms with Crippen LogP contribution in [0.1, 0.15) is 53.4 Å². The maximum absolute atomic E-state index is 13.5. The molecule has 3 aliphatic carbocycles. The summed E-state index contributed by atoms with van der Waals surface area (Å²) in [6.45, 7) is 6.90. The van der Waals surface area contributed by atoms with Gasteiger partial charge in [0.1, 0.15) is 17.6 Å². The van der Waals surface area contributed by atoms with Gasteiger partial charge in [-0.15, -0.1) is 0 Å². The van der Waals surface area contributed by atoms with E-state index < -0.39 is 40.5 Å². The number of rotatable bonds is 3. The van der Waals surface area contributed by atoms with Crippen LogP contribution in [0.2, 0.25) is 0 Å². The molecule has 0 aromatic rings. The molecule has 0 aromatic carbocycles. The van der Waals surface area contributed by atoms with Crippen molar-refractivity contribution in [1.29, 1.82) is 0 Å². The van der Waals surface area contributed by atoms with E-state index in [1.165, 1.54) is 7.11 Å². The Kier molecular flexibility index (Phi) is 5.24. The standard InChI is InChI=1S/C22H32O6/c1-12-13-6-9-21(4,27)15(13)11-22(14(12)7-8-20(2,3)26)18(24)16(23)10-17(28-5)19(22)25/h7-8,14-17,23,26-27H,6,9-11H2,1-5H3. The van der Waals surface area contributed by atoms with Gasteiger partial charge >= 0.3 is 0 Å². The number of hydrogen-bond donors (Lipinski definition) is 3. The molecule has 0 heterocycles. The van der Waals surface area contributed by atoms with Crippen LogP contribution >= 0.6 is 0 Å². The topological polar surface area (TPSA) is 104 Å². The third-order valence-electron chi connectivity index (χ3n) is 6.99. The van der Waals surface area contributed by atoms with Crippen LogP contribution in [0.15, 0.2) is 23.3 Å². The lowest BCUT2D eigenvalue weighted by molar-refractivity contribution is -0.166. The van der Waals surface area contributed by atoms with Crippen LogP contribution in [0.3, 0.4) is 0 Å². The van der Waals surface area contributed by atoms with Crippen molar-refractivity contribution in [2.24, 2.45) is 17.3 Å². The summed E-state index contributed by atoms with van der Waals surface area (Å²) in [6.07, 6.45) is 2.56. The fourth-order valence-corrected chi connectivity index (χ4v) is 5.42. The van der Waals surface area contributed by atoms with Crippen molar-refractivity contribution in [3.8, 4) is 0 Å². The number of fused-ring (bicyclic) bond motifs is 1. The molecule has 2 saturated carbocycles. The Morgan fingerprint density at radius 1 is 1.25 bits per heavy atom. The van der Waals surface area contributed by atoms with Crippen LogP contribution in [0.4, 0.5) is 0 Å². The van der Waals surface area contributed by atoms with Crippen molar-refractivity contribution in [2.45, 2.75) is 76.8 Å². The Morgan fingerprint density at radius 2 is 1.89 bits per heavy atom. The van der Waals surface area contributed by atoms with Crippen LogP contribution in [0.25, 0.3) is 0 Å². The lowest BCUT2D eigenvalue weighted by Crippen LogP contribution is -2.61. The highest BCUT2D eigenvalue weighted by molar-refractivity contribution is 6.13. The molecule has 0 radical (unpaired) electrons. The van der Waals surface area contributed by atoms with Gasteiger partial charge in [-0.2, -0.15) is 0 Å². The number of methoxy groups -OCH3 is 1. The average molecular weight is 392 g/mol. The van der Waals surface area contributed by atoms with E-state index in [1.807, 2.05) is 6.92 Å². The Balaban J connectivity index is 2.22. The first-order valence-corrected chi connectivity index (χ1v) is 9.98. The monoisotopic (exact) mass is 392 g/mol. The lowest BCUT2D eigenvalue weighted by atomic mass is 9.52. The van der Waals surface area contributed by atoms with E-state index >= 15 is 0 Å². The highest BCUT2D eigenvalue weighted by atomic mass is 16.5. The summed E-state index contributed by atoms with van der Waals surface area (Å²) in [4.78, 5) is 26.8. The largest absolute Gasteiger partial charge is 0.390 e. The summed E-state index contributed by atoms with van der Waals surface area (Å²) in [6, 6.07) is 0. The van der Waals surface area contributed by atoms with E-state index in [-0.39, 0.29) is 24.5 Å². The number of aliphatic hydroxyl groups excluding tert-OH is 1. The molecule has 3 N–H and O–H groups in total. The Morgan fingerprint density at radius 3 is 2.46 bits per heavy atom. The molecule has 6 atom stereocenters. The number of carbonyl (C=O) groups is 2. The lowest BCUT2D eigenvalue weighted by Gasteiger charge is -2.50. The van der Waals surface area contributed by atoms with Crippen LogP contribution < -0.4 is 0 Å². The number of carbonyl (C=O) groups excluding carboxylic acids is 2. The Hall–Kier alpha value is -1.34. The van der Waals surface area contributed by atoms with Crippen LogP contribution in [0.5, 0.6) is 0 Å². The van der Waals surface area contributed by atoms with Gasteiger partial charge in [-0.25, -0.2) is 0 Å². The molecule has 28 heavy (non-hydrogen) atoms. The summed E-state index contributed by atoms with van der Waals surface area (Å²) >= 11 is 0. The third kappa shape index (κ3) is 3.20. The minimum Gasteiger partial charge on any atom is -0.390 e. The molecule has 3 rings (SSSR count). The van der Waals surface area contributed by atoms with E-state index in [0.717, 1.165) is 11.1 Å². The first-order chi connectivity index (χ1) is 12.8. The zero-order valence-electron chi connectivity index (χ0n) is 17.4. The van der Waals surface area contributed by atoms with Crippen molar-refractivity contribution in [1.82, 2.24) is 0 Å². The number of hydrogen-bond acceptors (Lipinski definition) is 6. The number of Topliss-reactive ketones (excluding diaryl/α,β-unsaturated/α-hetero) is 2. The molecule has 2 fully saturated rings. The Labute approximate surface area is 166 Å². The van der Waals surface area contributed by atoms with Gasteiger partial charge in [0, 0.05) is 25.4 Å². The summed E-state index contributed by atoms with van der Waals surface area (Å²) in [7, 11) is 1.41. The summed E-state index contributed by atoms with van der Waals surface area (Å²) in [5.41, 5.74) is -1.65. The third-order valence-corrected chi connectivity index (χ3v) is 6.99. The summed E-state index contributed by atoms with van der Waals surface area (Å²) in [5, 5.41) is 31.6. The minimum atomic E-state index is -1.49. The Bertz CT molecular complexity index is 741. The molecule has 1 spiro atoms. The van der Waals surface area contributed by atoms with Crippen LogP contribution in [-0.2, 0) is 14.3 Å². The molecule has 0 aromatic heterocycles. The van der Waals surface area contributed by atoms with Crippen molar-refractivity contribution < 1.29 is 29.6 Å². The number of ketones is 2. The molecule has 0 aliphatic heterocycles. The zero-order chi connectivity index (χ0) is 21.1. The molecular weight excluding hydrogens is 360 g/mol. The van der Waals surface area contributed by atoms with Crippen molar-refractivity contribution >= 4 is 11.6 Å². The molecule has 3 aliphatic rings. The van der Waals surface area contributed by atoms with Gasteiger partial charge < -0.3 is 20.1 Å². The predicted octanol–water partition coefficient (Wildman–Crippen LogP) is 1.72. The van der Waals surface area contributed by atoms with Gasteiger partial charge in [-0.05, 0) is 47.0 Å². The van der Waals surface area contributed by atoms with Crippen molar-refractivity contribution in [3.05, 3.63) is 23.3 Å². The molecule has 0 bridgehead atoms. The number of aliphatic hydroxyl groups is 3. The van der Waals surface area contributed by atoms with E-state index in [2.05, 4.69) is 0 Å². The van der Waals surface area contributed by atoms with Gasteiger partial charge in [0.25, 0.3) is 0 Å². The zero-order valence-corrected chi connectivity index (χ0v) is 17.4. The van der Waals surface area contributed by atoms with Crippen LogP contribution in [-0.4, -0.2) is 57.4 Å². The van der Waals surface area contributed by atoms with Gasteiger partial charge in [0.15, 0.2) is 11.6 Å². The molecule has 0 saturated heterocycles. The van der Waals surface area contributed by atoms with E-state index in [9.17, 15) is 24.9 Å². The van der Waals surface area contributed by atoms with Gasteiger partial charge in [-0.3, -0.25) is 9.59 Å². The van der Waals surface area contributed by atoms with Gasteiger partial charge in [0.05, 0.1) is 11.2 Å². The number of allylic oxidation sites excluding steroid dienone is 2. The fourth-order valence-electron chi connectivity index (χ4n) is 5.42. The van der Waals surface area contributed by atoms with E-state index in [4.69, 9.17) is 4.74 Å². The first-order valence-electron chi connectivity index (χ1n) is 9.98. The molecule has 6 heteroatoms. The average Bonchev–Trinajstić information content (AvgIpc) is 2.90. The second kappa shape index (κ2) is 6.87. The molecular formula is C22H32O6. The van der Waals surface area contributed by atoms with E-state index in [0.29, 0.717) is 12.8 Å². The quantitative estimate of drug-likeness (QED) is 0.499. The first kappa shape index (κ1) is 21.4. The molecule has 6 unspecified atom stereocenters. The minimum absolute atomic E-state index is 0.0471. The van der Waals surface area contributed by atoms with Crippen LogP contribution in [0, 0.1) is 17.3 Å². The normalized spacial score (nSPS) is 42.0. The maximum Gasteiger partial charge on any atom is 0.176 e. The van der Waals surface area contributed by atoms with Gasteiger partial charge in [-0.1, -0.05) is 23.3 Å². The van der Waals surface area contributed by atoms with Crippen molar-refractivity contribution in [2.75, 3.05) is 7.11 Å². The highest BCUT2D eigenvalue weighted by Crippen LogP contribution is 2.58. The van der Waals surface area contributed by atoms with Gasteiger partial charge in [0.2, 0.25) is 0 Å². The second-order valence-corrected chi connectivity index (χ2v) is 9.49. The smallest absolute Gasteiger partial charge is 0.176 e. The molecule has 0 amide bonds. The molecule has 6 nitrogen and oxygen atoms in total. The molecule has 156 valence electrons. The second-order valence-electron chi connectivity index (χ2n) is 9.49. The predicted molar refractivity (Wildman–Crippen MR) is 103 cm³/mol. The maximum atomic E-state index is 13.5. The number of ether oxygens (including phenoxy) is 1. The highest BCUT2D eigenvalue weighted by Gasteiger charge is 2.63. The van der Waals surface area contributed by atoms with Crippen molar-refractivity contribution in [3.63, 3.8) is 0 Å². The summed E-state index contributed by atoms with van der Waals surface area (Å²) < 4.78 is 5.33. The SMILES string of the molecule is COC1CC(O)C(=O)C2(CC3C(=C(C)C2C=CC(C)(C)O)CCC3(C)O)C1=O. The fraction of sp³-hybridized carbons (Fsp3) is 0.727. The summed E-state index contributed by atoms with van der Waals surface area (Å²) in [5.74, 6) is -1.73. The van der Waals surface area contributed by atoms with E-state index in [1.54, 1.807) is 32.9 Å².